The molecule has 2 aromatic carbocycles. The molecule has 1 spiro atoms. The summed E-state index contributed by atoms with van der Waals surface area (Å²) < 4.78 is 50.6. The van der Waals surface area contributed by atoms with Gasteiger partial charge in [0.2, 0.25) is 11.3 Å². The molecule has 15 heteroatoms. The maximum Gasteiger partial charge on any atom is 0.274 e. The molecule has 2 saturated heterocycles. The largest absolute Gasteiger partial charge is 0.491 e. The molecule has 2 aromatic heterocycles. The van der Waals surface area contributed by atoms with Gasteiger partial charge in [0, 0.05) is 55.5 Å². The van der Waals surface area contributed by atoms with E-state index in [4.69, 9.17) is 9.57 Å². The molecule has 0 unspecified atom stereocenters. The Labute approximate surface area is 271 Å². The van der Waals surface area contributed by atoms with Crippen molar-refractivity contribution in [3.63, 3.8) is 0 Å². The van der Waals surface area contributed by atoms with Crippen molar-refractivity contribution in [2.24, 2.45) is 7.05 Å². The Morgan fingerprint density at radius 1 is 1.15 bits per heavy atom. The lowest BCUT2D eigenvalue weighted by Crippen LogP contribution is -2.52. The molecule has 0 radical (unpaired) electrons. The van der Waals surface area contributed by atoms with Crippen LogP contribution < -0.4 is 15.5 Å². The van der Waals surface area contributed by atoms with Gasteiger partial charge < -0.3 is 19.5 Å². The highest BCUT2D eigenvalue weighted by Gasteiger charge is 2.56. The molecule has 7 rings (SSSR count). The SMILES string of the molecule is COc1c2n(cc(C(=O)NCc3c(F)cc(F)cc3F)c1=O)[C@@H]1CN(C2=O)[C@@H](C)CC[C@]12CC(=O)N(Cc1ccc3c(cnn3C)c1)O2. The van der Waals surface area contributed by atoms with Gasteiger partial charge in [-0.2, -0.15) is 5.10 Å². The molecule has 2 fully saturated rings. The quantitative estimate of drug-likeness (QED) is 0.335. The second-order valence-corrected chi connectivity index (χ2v) is 12.5. The number of benzene rings is 2. The predicted molar refractivity (Wildman–Crippen MR) is 163 cm³/mol. The van der Waals surface area contributed by atoms with Crippen LogP contribution in [0.5, 0.6) is 5.75 Å². The molecule has 4 aromatic rings. The lowest BCUT2D eigenvalue weighted by Gasteiger charge is -2.42. The zero-order valence-corrected chi connectivity index (χ0v) is 26.3. The summed E-state index contributed by atoms with van der Waals surface area (Å²) in [7, 11) is 3.03. The van der Waals surface area contributed by atoms with E-state index in [1.165, 1.54) is 22.9 Å². The summed E-state index contributed by atoms with van der Waals surface area (Å²) >= 11 is 0. The van der Waals surface area contributed by atoms with Gasteiger partial charge in [0.15, 0.2) is 11.4 Å². The van der Waals surface area contributed by atoms with Crippen LogP contribution in [0.15, 0.2) is 47.5 Å². The summed E-state index contributed by atoms with van der Waals surface area (Å²) in [5.41, 5.74) is -1.47. The van der Waals surface area contributed by atoms with E-state index in [0.29, 0.717) is 25.0 Å². The molecule has 250 valence electrons. The summed E-state index contributed by atoms with van der Waals surface area (Å²) in [5, 5.41) is 8.80. The van der Waals surface area contributed by atoms with Gasteiger partial charge in [0.1, 0.15) is 28.6 Å². The third kappa shape index (κ3) is 5.00. The van der Waals surface area contributed by atoms with Crippen LogP contribution in [0.3, 0.4) is 0 Å². The Morgan fingerprint density at radius 3 is 2.62 bits per heavy atom. The van der Waals surface area contributed by atoms with Crippen molar-refractivity contribution >= 4 is 28.6 Å². The van der Waals surface area contributed by atoms with Gasteiger partial charge in [0.05, 0.1) is 37.8 Å². The highest BCUT2D eigenvalue weighted by atomic mass is 19.1. The van der Waals surface area contributed by atoms with Crippen LogP contribution in [0, 0.1) is 17.5 Å². The average molecular weight is 665 g/mol. The number of pyridine rings is 1. The lowest BCUT2D eigenvalue weighted by atomic mass is 9.85. The van der Waals surface area contributed by atoms with E-state index in [1.807, 2.05) is 32.2 Å². The number of ether oxygens (including phenoxy) is 1. The number of rotatable bonds is 6. The number of amides is 3. The van der Waals surface area contributed by atoms with E-state index in [2.05, 4.69) is 10.4 Å². The smallest absolute Gasteiger partial charge is 0.274 e. The summed E-state index contributed by atoms with van der Waals surface area (Å²) in [4.78, 5) is 62.5. The van der Waals surface area contributed by atoms with E-state index < -0.39 is 69.8 Å². The first-order valence-corrected chi connectivity index (χ1v) is 15.4. The average Bonchev–Trinajstić information content (AvgIpc) is 3.53. The number of nitrogens with one attached hydrogen (secondary N) is 1. The van der Waals surface area contributed by atoms with Crippen LogP contribution in [0.25, 0.3) is 10.9 Å². The van der Waals surface area contributed by atoms with Crippen molar-refractivity contribution in [2.75, 3.05) is 13.7 Å². The Morgan fingerprint density at radius 2 is 1.90 bits per heavy atom. The maximum atomic E-state index is 14.3. The zero-order chi connectivity index (χ0) is 34.1. The van der Waals surface area contributed by atoms with Crippen LogP contribution in [0.1, 0.15) is 64.2 Å². The molecule has 12 nitrogen and oxygen atoms in total. The number of aryl methyl sites for hydroxylation is 1. The fraction of sp³-hybridized carbons (Fsp3) is 0.364. The van der Waals surface area contributed by atoms with E-state index in [1.54, 1.807) is 15.8 Å². The number of carbonyl (C=O) groups is 3. The van der Waals surface area contributed by atoms with Crippen molar-refractivity contribution in [1.82, 2.24) is 29.6 Å². The van der Waals surface area contributed by atoms with Gasteiger partial charge in [-0.25, -0.2) is 18.2 Å². The van der Waals surface area contributed by atoms with Gasteiger partial charge in [-0.15, -0.1) is 0 Å². The molecule has 5 heterocycles. The third-order valence-corrected chi connectivity index (χ3v) is 9.62. The minimum absolute atomic E-state index is 0.0277. The van der Waals surface area contributed by atoms with Crippen LogP contribution >= 0.6 is 0 Å². The standard InChI is InChI=1S/C33H31F3N6O6/c1-17-6-7-33(11-27(43)42(48-33)14-18-4-5-25-19(8-18)12-38-39(25)2)26-16-40(17)32(46)28-30(47-3)29(44)22(15-41(26)28)31(45)37-13-21-23(35)9-20(34)10-24(21)36/h4-5,8-10,12,15,17,26H,6-7,11,13-14,16H2,1-3H3,(H,37,45)/t17-,26+,33-/m0/s1. The highest BCUT2D eigenvalue weighted by Crippen LogP contribution is 2.47. The summed E-state index contributed by atoms with van der Waals surface area (Å²) in [5.74, 6) is -5.69. The van der Waals surface area contributed by atoms with Gasteiger partial charge in [-0.1, -0.05) is 6.07 Å². The number of nitrogens with zero attached hydrogens (tertiary/aromatic N) is 5. The van der Waals surface area contributed by atoms with E-state index >= 15 is 0 Å². The van der Waals surface area contributed by atoms with Crippen molar-refractivity contribution in [2.45, 2.75) is 57.0 Å². The molecule has 3 atom stereocenters. The molecule has 48 heavy (non-hydrogen) atoms. The molecule has 1 N–H and O–H groups in total. The van der Waals surface area contributed by atoms with E-state index in [-0.39, 0.29) is 37.2 Å². The topological polar surface area (TPSA) is 128 Å². The minimum Gasteiger partial charge on any atom is -0.491 e. The van der Waals surface area contributed by atoms with Gasteiger partial charge in [-0.3, -0.25) is 28.7 Å². The second kappa shape index (κ2) is 11.5. The van der Waals surface area contributed by atoms with E-state index in [0.717, 1.165) is 16.5 Å². The normalized spacial score (nSPS) is 22.0. The fourth-order valence-electron chi connectivity index (χ4n) is 7.04. The Kier molecular flexibility index (Phi) is 7.53. The predicted octanol–water partition coefficient (Wildman–Crippen LogP) is 3.37. The minimum atomic E-state index is -1.21. The molecular weight excluding hydrogens is 633 g/mol. The van der Waals surface area contributed by atoms with Gasteiger partial charge >= 0.3 is 0 Å². The first-order valence-electron chi connectivity index (χ1n) is 15.4. The van der Waals surface area contributed by atoms with Crippen LogP contribution in [-0.4, -0.2) is 67.3 Å². The number of hydroxylamine groups is 2. The fourth-order valence-corrected chi connectivity index (χ4v) is 7.04. The Hall–Kier alpha value is -5.18. The first kappa shape index (κ1) is 31.4. The number of hydrogen-bond acceptors (Lipinski definition) is 7. The molecule has 2 bridgehead atoms. The van der Waals surface area contributed by atoms with Gasteiger partial charge in [-0.05, 0) is 37.5 Å². The van der Waals surface area contributed by atoms with Crippen molar-refractivity contribution < 1.29 is 37.1 Å². The number of hydrogen-bond donors (Lipinski definition) is 1. The lowest BCUT2D eigenvalue weighted by molar-refractivity contribution is -0.218. The number of fused-ring (bicyclic) bond motifs is 6. The molecular formula is C33H31F3N6O6. The Bertz CT molecular complexity index is 2060. The second-order valence-electron chi connectivity index (χ2n) is 12.5. The Balaban J connectivity index is 1.25. The van der Waals surface area contributed by atoms with Gasteiger partial charge in [0.25, 0.3) is 11.8 Å². The molecule has 0 saturated carbocycles. The maximum absolute atomic E-state index is 14.3. The number of carbonyl (C=O) groups excluding carboxylic acids is 3. The summed E-state index contributed by atoms with van der Waals surface area (Å²) in [6, 6.07) is 5.70. The van der Waals surface area contributed by atoms with Crippen LogP contribution in [0.2, 0.25) is 0 Å². The molecule has 3 aliphatic rings. The van der Waals surface area contributed by atoms with Crippen molar-refractivity contribution in [1.29, 1.82) is 0 Å². The number of halogens is 3. The van der Waals surface area contributed by atoms with E-state index in [9.17, 15) is 32.3 Å². The molecule has 3 aliphatic heterocycles. The summed E-state index contributed by atoms with van der Waals surface area (Å²) in [6.07, 6.45) is 3.79. The van der Waals surface area contributed by atoms with Crippen molar-refractivity contribution in [3.8, 4) is 5.75 Å². The molecule has 0 aliphatic carbocycles. The highest BCUT2D eigenvalue weighted by molar-refractivity contribution is 5.99. The molecule has 3 amide bonds. The number of aromatic nitrogens is 3. The third-order valence-electron chi connectivity index (χ3n) is 9.62. The van der Waals surface area contributed by atoms with Crippen LogP contribution in [-0.2, 0) is 29.8 Å². The zero-order valence-electron chi connectivity index (χ0n) is 26.3. The monoisotopic (exact) mass is 664 g/mol. The summed E-state index contributed by atoms with van der Waals surface area (Å²) in [6.45, 7) is 1.46. The number of methoxy groups -OCH3 is 1. The van der Waals surface area contributed by atoms with Crippen LogP contribution in [0.4, 0.5) is 13.2 Å². The first-order chi connectivity index (χ1) is 22.9. The van der Waals surface area contributed by atoms with Crippen molar-refractivity contribution in [3.05, 3.63) is 92.8 Å².